The van der Waals surface area contributed by atoms with Crippen LogP contribution in [0.25, 0.3) is 0 Å². The van der Waals surface area contributed by atoms with Crippen LogP contribution >= 0.6 is 11.8 Å². The van der Waals surface area contributed by atoms with Crippen molar-refractivity contribution in [3.05, 3.63) is 24.3 Å². The number of carbonyl (C=O) groups excluding carboxylic acids is 1. The smallest absolute Gasteiger partial charge is 0.240 e. The molecular formula is C11H14N2OS. The van der Waals surface area contributed by atoms with Gasteiger partial charge in [-0.15, -0.1) is 11.8 Å². The minimum Gasteiger partial charge on any atom is -0.322 e. The summed E-state index contributed by atoms with van der Waals surface area (Å²) in [5.41, 5.74) is 6.40. The molecular weight excluding hydrogens is 208 g/mol. The van der Waals surface area contributed by atoms with Crippen molar-refractivity contribution in [1.82, 2.24) is 0 Å². The van der Waals surface area contributed by atoms with Crippen LogP contribution in [0, 0.1) is 0 Å². The van der Waals surface area contributed by atoms with Crippen LogP contribution in [-0.2, 0) is 4.79 Å². The van der Waals surface area contributed by atoms with E-state index in [4.69, 9.17) is 5.73 Å². The highest BCUT2D eigenvalue weighted by Crippen LogP contribution is 2.37. The molecule has 1 aliphatic heterocycles. The second-order valence-corrected chi connectivity index (χ2v) is 5.08. The van der Waals surface area contributed by atoms with Crippen molar-refractivity contribution >= 4 is 23.4 Å². The molecule has 0 radical (unpaired) electrons. The Kier molecular flexibility index (Phi) is 2.98. The molecule has 0 saturated heterocycles. The second-order valence-electron chi connectivity index (χ2n) is 3.60. The molecule has 1 amide bonds. The summed E-state index contributed by atoms with van der Waals surface area (Å²) in [5.74, 6) is -0.00500. The fraction of sp³-hybridized carbons (Fsp3) is 0.364. The number of fused-ring (bicyclic) bond motifs is 1. The van der Waals surface area contributed by atoms with Crippen molar-refractivity contribution in [2.45, 2.75) is 17.1 Å². The Balaban J connectivity index is 2.38. The van der Waals surface area contributed by atoms with Gasteiger partial charge in [0.15, 0.2) is 0 Å². The molecule has 0 aliphatic carbocycles. The summed E-state index contributed by atoms with van der Waals surface area (Å²) in [6, 6.07) is 7.97. The lowest BCUT2D eigenvalue weighted by molar-refractivity contribution is -0.117. The molecule has 80 valence electrons. The third kappa shape index (κ3) is 2.01. The van der Waals surface area contributed by atoms with E-state index in [1.54, 1.807) is 4.90 Å². The van der Waals surface area contributed by atoms with Crippen LogP contribution < -0.4 is 10.6 Å². The highest BCUT2D eigenvalue weighted by molar-refractivity contribution is 8.00. The van der Waals surface area contributed by atoms with Gasteiger partial charge in [-0.1, -0.05) is 19.1 Å². The van der Waals surface area contributed by atoms with Gasteiger partial charge in [0.1, 0.15) is 0 Å². The van der Waals surface area contributed by atoms with E-state index in [2.05, 4.69) is 6.92 Å². The molecule has 1 aromatic carbocycles. The number of hydrogen-bond acceptors (Lipinski definition) is 3. The molecule has 0 bridgehead atoms. The molecule has 1 unspecified atom stereocenters. The summed E-state index contributed by atoms with van der Waals surface area (Å²) in [6.07, 6.45) is 0. The molecule has 1 atom stereocenters. The average molecular weight is 222 g/mol. The summed E-state index contributed by atoms with van der Waals surface area (Å²) in [7, 11) is 0. The number of hydrogen-bond donors (Lipinski definition) is 1. The molecule has 3 nitrogen and oxygen atoms in total. The Morgan fingerprint density at radius 3 is 3.07 bits per heavy atom. The van der Waals surface area contributed by atoms with Crippen LogP contribution in [-0.4, -0.2) is 24.2 Å². The van der Waals surface area contributed by atoms with Gasteiger partial charge in [0.05, 0.1) is 12.2 Å². The molecule has 1 aromatic rings. The largest absolute Gasteiger partial charge is 0.322 e. The van der Waals surface area contributed by atoms with Gasteiger partial charge in [-0.05, 0) is 12.1 Å². The van der Waals surface area contributed by atoms with E-state index < -0.39 is 0 Å². The van der Waals surface area contributed by atoms with Crippen LogP contribution in [0.5, 0.6) is 0 Å². The highest BCUT2D eigenvalue weighted by atomic mass is 32.2. The van der Waals surface area contributed by atoms with Gasteiger partial charge >= 0.3 is 0 Å². The minimum absolute atomic E-state index is 0.00500. The quantitative estimate of drug-likeness (QED) is 0.782. The summed E-state index contributed by atoms with van der Waals surface area (Å²) >= 11 is 1.81. The number of carbonyl (C=O) groups is 1. The fourth-order valence-electron chi connectivity index (χ4n) is 1.74. The van der Waals surface area contributed by atoms with Crippen molar-refractivity contribution in [3.8, 4) is 0 Å². The van der Waals surface area contributed by atoms with Crippen LogP contribution in [0.2, 0.25) is 0 Å². The van der Waals surface area contributed by atoms with Crippen molar-refractivity contribution in [2.24, 2.45) is 5.73 Å². The maximum Gasteiger partial charge on any atom is 0.240 e. The number of amides is 1. The zero-order valence-electron chi connectivity index (χ0n) is 8.64. The third-order valence-corrected chi connectivity index (χ3v) is 3.55. The van der Waals surface area contributed by atoms with Crippen molar-refractivity contribution in [3.63, 3.8) is 0 Å². The number of para-hydroxylation sites is 1. The normalized spacial score (nSPS) is 19.9. The highest BCUT2D eigenvalue weighted by Gasteiger charge is 2.25. The van der Waals surface area contributed by atoms with Gasteiger partial charge in [-0.2, -0.15) is 0 Å². The lowest BCUT2D eigenvalue weighted by Crippen LogP contribution is -2.41. The molecule has 1 aliphatic rings. The molecule has 0 aromatic heterocycles. The standard InChI is InChI=1S/C11H14N2OS/c1-8-7-13(11(14)6-12)9-4-2-3-5-10(9)15-8/h2-5,8H,6-7,12H2,1H3. The number of benzene rings is 1. The SMILES string of the molecule is CC1CN(C(=O)CN)c2ccccc2S1. The predicted molar refractivity (Wildman–Crippen MR) is 63.2 cm³/mol. The summed E-state index contributed by atoms with van der Waals surface area (Å²) < 4.78 is 0. The monoisotopic (exact) mass is 222 g/mol. The van der Waals surface area contributed by atoms with E-state index >= 15 is 0 Å². The Morgan fingerprint density at radius 2 is 2.33 bits per heavy atom. The van der Waals surface area contributed by atoms with E-state index in [0.717, 1.165) is 17.1 Å². The van der Waals surface area contributed by atoms with Crippen LogP contribution in [0.1, 0.15) is 6.92 Å². The molecule has 0 spiro atoms. The van der Waals surface area contributed by atoms with Crippen LogP contribution in [0.4, 0.5) is 5.69 Å². The van der Waals surface area contributed by atoms with Crippen LogP contribution in [0.3, 0.4) is 0 Å². The fourth-order valence-corrected chi connectivity index (χ4v) is 2.85. The first-order chi connectivity index (χ1) is 7.22. The third-order valence-electron chi connectivity index (χ3n) is 2.40. The Bertz CT molecular complexity index is 381. The summed E-state index contributed by atoms with van der Waals surface area (Å²) in [6.45, 7) is 2.95. The van der Waals surface area contributed by atoms with Gasteiger partial charge in [0.25, 0.3) is 0 Å². The maximum atomic E-state index is 11.7. The lowest BCUT2D eigenvalue weighted by atomic mass is 10.2. The lowest BCUT2D eigenvalue weighted by Gasteiger charge is -2.32. The zero-order chi connectivity index (χ0) is 10.8. The van der Waals surface area contributed by atoms with Gasteiger partial charge in [0, 0.05) is 16.7 Å². The molecule has 15 heavy (non-hydrogen) atoms. The summed E-state index contributed by atoms with van der Waals surface area (Å²) in [5, 5.41) is 0.426. The minimum atomic E-state index is -0.00500. The first-order valence-corrected chi connectivity index (χ1v) is 5.86. The maximum absolute atomic E-state index is 11.7. The van der Waals surface area contributed by atoms with Crippen LogP contribution in [0.15, 0.2) is 29.2 Å². The van der Waals surface area contributed by atoms with E-state index in [-0.39, 0.29) is 12.5 Å². The van der Waals surface area contributed by atoms with Gasteiger partial charge in [-0.25, -0.2) is 0 Å². The molecule has 0 saturated carbocycles. The van der Waals surface area contributed by atoms with E-state index in [1.807, 2.05) is 36.0 Å². The first kappa shape index (κ1) is 10.5. The van der Waals surface area contributed by atoms with Crippen molar-refractivity contribution < 1.29 is 4.79 Å². The van der Waals surface area contributed by atoms with Gasteiger partial charge in [-0.3, -0.25) is 4.79 Å². The van der Waals surface area contributed by atoms with E-state index in [0.29, 0.717) is 5.25 Å². The molecule has 1 heterocycles. The molecule has 4 heteroatoms. The Morgan fingerprint density at radius 1 is 1.60 bits per heavy atom. The average Bonchev–Trinajstić information content (AvgIpc) is 2.26. The van der Waals surface area contributed by atoms with Crippen molar-refractivity contribution in [1.29, 1.82) is 0 Å². The van der Waals surface area contributed by atoms with Gasteiger partial charge in [0.2, 0.25) is 5.91 Å². The second kappa shape index (κ2) is 4.24. The summed E-state index contributed by atoms with van der Waals surface area (Å²) in [4.78, 5) is 14.6. The number of nitrogens with two attached hydrogens (primary N) is 1. The van der Waals surface area contributed by atoms with Crippen molar-refractivity contribution in [2.75, 3.05) is 18.0 Å². The number of anilines is 1. The first-order valence-electron chi connectivity index (χ1n) is 4.98. The molecule has 2 rings (SSSR count). The predicted octanol–water partition coefficient (Wildman–Crippen LogP) is 1.47. The number of rotatable bonds is 1. The Labute approximate surface area is 93.6 Å². The van der Waals surface area contributed by atoms with E-state index in [9.17, 15) is 4.79 Å². The molecule has 0 fully saturated rings. The van der Waals surface area contributed by atoms with E-state index in [1.165, 1.54) is 0 Å². The van der Waals surface area contributed by atoms with Gasteiger partial charge < -0.3 is 10.6 Å². The number of thioether (sulfide) groups is 1. The Hall–Kier alpha value is -1.00. The molecule has 2 N–H and O–H groups in total. The zero-order valence-corrected chi connectivity index (χ0v) is 9.46. The number of nitrogens with zero attached hydrogens (tertiary/aromatic N) is 1. The topological polar surface area (TPSA) is 46.3 Å².